The highest BCUT2D eigenvalue weighted by molar-refractivity contribution is 5.82. The summed E-state index contributed by atoms with van der Waals surface area (Å²) < 4.78 is 10.9. The zero-order valence-electron chi connectivity index (χ0n) is 16.6. The number of aryl methyl sites for hydroxylation is 1. The quantitative estimate of drug-likeness (QED) is 0.252. The molecular weight excluding hydrogens is 340 g/mol. The molecule has 1 aromatic rings. The molecule has 1 aliphatic carbocycles. The minimum Gasteiger partial charge on any atom is -0.459 e. The van der Waals surface area contributed by atoms with E-state index in [4.69, 9.17) is 9.47 Å². The van der Waals surface area contributed by atoms with Crippen molar-refractivity contribution in [1.29, 1.82) is 0 Å². The van der Waals surface area contributed by atoms with E-state index in [0.29, 0.717) is 31.4 Å². The summed E-state index contributed by atoms with van der Waals surface area (Å²) in [4.78, 5) is 23.9. The minimum atomic E-state index is -0.307. The third-order valence-corrected chi connectivity index (χ3v) is 5.05. The maximum atomic E-state index is 12.4. The fourth-order valence-electron chi connectivity index (χ4n) is 3.44. The fourth-order valence-corrected chi connectivity index (χ4v) is 3.44. The van der Waals surface area contributed by atoms with E-state index >= 15 is 0 Å². The molecule has 0 spiro atoms. The van der Waals surface area contributed by atoms with Gasteiger partial charge in [0.1, 0.15) is 11.9 Å². The van der Waals surface area contributed by atoms with Gasteiger partial charge in [-0.3, -0.25) is 4.79 Å². The van der Waals surface area contributed by atoms with Crippen molar-refractivity contribution < 1.29 is 19.1 Å². The van der Waals surface area contributed by atoms with Crippen molar-refractivity contribution in [2.45, 2.75) is 77.7 Å². The number of benzene rings is 1. The second kappa shape index (κ2) is 11.6. The average molecular weight is 373 g/mol. The first-order valence-electron chi connectivity index (χ1n) is 10.3. The predicted octanol–water partition coefficient (Wildman–Crippen LogP) is 5.39. The lowest BCUT2D eigenvalue weighted by molar-refractivity contribution is -0.147. The lowest BCUT2D eigenvalue weighted by Crippen LogP contribution is -2.29. The molecule has 0 saturated heterocycles. The summed E-state index contributed by atoms with van der Waals surface area (Å²) in [5, 5.41) is 0. The number of carbonyl (C=O) groups excluding carboxylic acids is 2. The summed E-state index contributed by atoms with van der Waals surface area (Å²) in [6, 6.07) is 7.87. The van der Waals surface area contributed by atoms with E-state index in [1.807, 2.05) is 24.3 Å². The Hall–Kier alpha value is -2.10. The zero-order chi connectivity index (χ0) is 19.5. The maximum absolute atomic E-state index is 12.4. The van der Waals surface area contributed by atoms with Gasteiger partial charge in [0.25, 0.3) is 0 Å². The SMILES string of the molecule is C/C=C/C(=O)O[C@H]1CC[C@H](C(=O)Oc2ccc(CCCCCC)cc2)CC1. The van der Waals surface area contributed by atoms with Crippen molar-refractivity contribution in [1.82, 2.24) is 0 Å². The minimum absolute atomic E-state index is 0.0928. The normalized spacial score (nSPS) is 19.8. The summed E-state index contributed by atoms with van der Waals surface area (Å²) in [5.41, 5.74) is 1.29. The van der Waals surface area contributed by atoms with E-state index < -0.39 is 0 Å². The van der Waals surface area contributed by atoms with Crippen molar-refractivity contribution in [2.24, 2.45) is 5.92 Å². The number of esters is 2. The molecule has 0 aromatic heterocycles. The molecule has 0 bridgehead atoms. The molecule has 148 valence electrons. The molecule has 0 radical (unpaired) electrons. The Kier molecular flexibility index (Phi) is 9.09. The summed E-state index contributed by atoms with van der Waals surface area (Å²) in [6.45, 7) is 4.00. The molecule has 4 nitrogen and oxygen atoms in total. The molecule has 27 heavy (non-hydrogen) atoms. The van der Waals surface area contributed by atoms with Crippen LogP contribution < -0.4 is 4.74 Å². The molecule has 1 aromatic carbocycles. The Labute approximate surface area is 162 Å². The molecule has 1 aliphatic rings. The first-order chi connectivity index (χ1) is 13.1. The van der Waals surface area contributed by atoms with Gasteiger partial charge >= 0.3 is 11.9 Å². The predicted molar refractivity (Wildman–Crippen MR) is 107 cm³/mol. The van der Waals surface area contributed by atoms with Crippen LogP contribution in [0.1, 0.15) is 70.8 Å². The van der Waals surface area contributed by atoms with Gasteiger partial charge in [-0.25, -0.2) is 4.79 Å². The highest BCUT2D eigenvalue weighted by atomic mass is 16.5. The second-order valence-corrected chi connectivity index (χ2v) is 7.29. The Bertz CT molecular complexity index is 610. The van der Waals surface area contributed by atoms with Crippen LogP contribution in [-0.2, 0) is 20.7 Å². The first kappa shape index (κ1) is 21.2. The average Bonchev–Trinajstić information content (AvgIpc) is 2.67. The standard InChI is InChI=1S/C23H32O4/c1-3-5-6-7-9-18-10-14-21(15-11-18)27-23(25)19-12-16-20(17-13-19)26-22(24)8-4-2/h4,8,10-11,14-15,19-20H,3,5-7,9,12-13,16-17H2,1-2H3/b8-4+/t19-,20-. The van der Waals surface area contributed by atoms with E-state index in [1.54, 1.807) is 13.0 Å². The lowest BCUT2D eigenvalue weighted by Gasteiger charge is -2.26. The van der Waals surface area contributed by atoms with Gasteiger partial charge in [-0.2, -0.15) is 0 Å². The number of hydrogen-bond acceptors (Lipinski definition) is 4. The number of ether oxygens (including phenoxy) is 2. The van der Waals surface area contributed by atoms with Gasteiger partial charge in [0.05, 0.1) is 5.92 Å². The van der Waals surface area contributed by atoms with Crippen LogP contribution in [0.15, 0.2) is 36.4 Å². The second-order valence-electron chi connectivity index (χ2n) is 7.29. The van der Waals surface area contributed by atoms with Gasteiger partial charge in [-0.15, -0.1) is 0 Å². The van der Waals surface area contributed by atoms with Gasteiger partial charge < -0.3 is 9.47 Å². The van der Waals surface area contributed by atoms with Gasteiger partial charge in [0.15, 0.2) is 0 Å². The van der Waals surface area contributed by atoms with E-state index in [2.05, 4.69) is 6.92 Å². The number of hydrogen-bond donors (Lipinski definition) is 0. The van der Waals surface area contributed by atoms with Crippen LogP contribution in [0.4, 0.5) is 0 Å². The third kappa shape index (κ3) is 7.58. The molecule has 0 N–H and O–H groups in total. The van der Waals surface area contributed by atoms with Crippen LogP contribution in [0.25, 0.3) is 0 Å². The Balaban J connectivity index is 1.73. The largest absolute Gasteiger partial charge is 0.459 e. The zero-order valence-corrected chi connectivity index (χ0v) is 16.6. The van der Waals surface area contributed by atoms with Gasteiger partial charge in [0, 0.05) is 6.08 Å². The highest BCUT2D eigenvalue weighted by Gasteiger charge is 2.29. The van der Waals surface area contributed by atoms with Crippen LogP contribution in [0.3, 0.4) is 0 Å². The summed E-state index contributed by atoms with van der Waals surface area (Å²) in [7, 11) is 0. The molecule has 0 heterocycles. The van der Waals surface area contributed by atoms with Crippen molar-refractivity contribution in [3.8, 4) is 5.75 Å². The molecule has 0 amide bonds. The molecule has 0 aliphatic heterocycles. The number of carbonyl (C=O) groups is 2. The number of allylic oxidation sites excluding steroid dienone is 1. The van der Waals surface area contributed by atoms with Crippen LogP contribution >= 0.6 is 0 Å². The smallest absolute Gasteiger partial charge is 0.330 e. The van der Waals surface area contributed by atoms with Crippen molar-refractivity contribution in [3.05, 3.63) is 42.0 Å². The van der Waals surface area contributed by atoms with Crippen molar-refractivity contribution in [3.63, 3.8) is 0 Å². The number of unbranched alkanes of at least 4 members (excludes halogenated alkanes) is 3. The van der Waals surface area contributed by atoms with E-state index in [1.165, 1.54) is 37.3 Å². The molecule has 1 fully saturated rings. The summed E-state index contributed by atoms with van der Waals surface area (Å²) in [6.07, 6.45) is 11.9. The maximum Gasteiger partial charge on any atom is 0.330 e. The first-order valence-corrected chi connectivity index (χ1v) is 10.3. The molecule has 1 saturated carbocycles. The monoisotopic (exact) mass is 372 g/mol. The van der Waals surface area contributed by atoms with Crippen molar-refractivity contribution >= 4 is 11.9 Å². The molecular formula is C23H32O4. The van der Waals surface area contributed by atoms with Gasteiger partial charge in [-0.1, -0.05) is 44.4 Å². The number of rotatable bonds is 9. The third-order valence-electron chi connectivity index (χ3n) is 5.05. The summed E-state index contributed by atoms with van der Waals surface area (Å²) in [5.74, 6) is 0.0107. The Morgan fingerprint density at radius 2 is 1.74 bits per heavy atom. The Morgan fingerprint density at radius 3 is 2.37 bits per heavy atom. The highest BCUT2D eigenvalue weighted by Crippen LogP contribution is 2.28. The van der Waals surface area contributed by atoms with Crippen LogP contribution in [0.2, 0.25) is 0 Å². The molecule has 0 atom stereocenters. The van der Waals surface area contributed by atoms with Gasteiger partial charge in [0.2, 0.25) is 0 Å². The summed E-state index contributed by atoms with van der Waals surface area (Å²) >= 11 is 0. The van der Waals surface area contributed by atoms with E-state index in [9.17, 15) is 9.59 Å². The van der Waals surface area contributed by atoms with Crippen LogP contribution in [0, 0.1) is 5.92 Å². The lowest BCUT2D eigenvalue weighted by atomic mass is 9.87. The fraction of sp³-hybridized carbons (Fsp3) is 0.565. The molecule has 4 heteroatoms. The Morgan fingerprint density at radius 1 is 1.04 bits per heavy atom. The van der Waals surface area contributed by atoms with Gasteiger partial charge in [-0.05, 0) is 63.1 Å². The van der Waals surface area contributed by atoms with Crippen LogP contribution in [0.5, 0.6) is 5.75 Å². The van der Waals surface area contributed by atoms with E-state index in [-0.39, 0.29) is 24.0 Å². The topological polar surface area (TPSA) is 52.6 Å². The van der Waals surface area contributed by atoms with Crippen molar-refractivity contribution in [2.75, 3.05) is 0 Å². The van der Waals surface area contributed by atoms with Crippen LogP contribution in [-0.4, -0.2) is 18.0 Å². The van der Waals surface area contributed by atoms with E-state index in [0.717, 1.165) is 6.42 Å². The molecule has 2 rings (SSSR count). The molecule has 0 unspecified atom stereocenters.